The van der Waals surface area contributed by atoms with Gasteiger partial charge in [0.1, 0.15) is 0 Å². The summed E-state index contributed by atoms with van der Waals surface area (Å²) in [6, 6.07) is 0. The smallest absolute Gasteiger partial charge is 0.237 e. The molecule has 0 aromatic carbocycles. The maximum Gasteiger partial charge on any atom is 0.237 e. The Morgan fingerprint density at radius 1 is 1.43 bits per heavy atom. The fourth-order valence-corrected chi connectivity index (χ4v) is 2.89. The van der Waals surface area contributed by atoms with E-state index in [-0.39, 0.29) is 5.91 Å². The highest BCUT2D eigenvalue weighted by atomic mass is 16.1. The molecule has 0 aromatic heterocycles. The molecule has 1 aliphatic heterocycles. The standard InChI is InChI=1S/C16H34N4O/c1-5-9-18-16(2,15(17)21)8-12-20(4)13-14-6-10-19(3)11-7-14/h14,18H,5-13H2,1-4H3,(H2,17,21). The lowest BCUT2D eigenvalue weighted by atomic mass is 9.94. The van der Waals surface area contributed by atoms with E-state index in [1.54, 1.807) is 0 Å². The number of piperidine rings is 1. The van der Waals surface area contributed by atoms with Crippen molar-refractivity contribution in [3.63, 3.8) is 0 Å². The maximum absolute atomic E-state index is 11.7. The summed E-state index contributed by atoms with van der Waals surface area (Å²) >= 11 is 0. The Morgan fingerprint density at radius 2 is 2.05 bits per heavy atom. The Labute approximate surface area is 130 Å². The Balaban J connectivity index is 2.35. The number of hydrogen-bond acceptors (Lipinski definition) is 4. The van der Waals surface area contributed by atoms with Crippen molar-refractivity contribution < 1.29 is 4.79 Å². The molecule has 1 fully saturated rings. The highest BCUT2D eigenvalue weighted by molar-refractivity contribution is 5.84. The third-order valence-electron chi connectivity index (χ3n) is 4.71. The summed E-state index contributed by atoms with van der Waals surface area (Å²) in [5.41, 5.74) is 4.99. The van der Waals surface area contributed by atoms with Crippen LogP contribution in [0.15, 0.2) is 0 Å². The Bertz CT molecular complexity index is 315. The number of carbonyl (C=O) groups excluding carboxylic acids is 1. The van der Waals surface area contributed by atoms with E-state index in [0.29, 0.717) is 0 Å². The van der Waals surface area contributed by atoms with Crippen molar-refractivity contribution >= 4 is 5.91 Å². The van der Waals surface area contributed by atoms with Gasteiger partial charge in [-0.25, -0.2) is 0 Å². The minimum atomic E-state index is -0.586. The lowest BCUT2D eigenvalue weighted by molar-refractivity contribution is -0.124. The molecule has 1 aliphatic rings. The highest BCUT2D eigenvalue weighted by Gasteiger charge is 2.30. The van der Waals surface area contributed by atoms with E-state index in [1.165, 1.54) is 25.9 Å². The van der Waals surface area contributed by atoms with E-state index >= 15 is 0 Å². The summed E-state index contributed by atoms with van der Waals surface area (Å²) in [7, 11) is 4.34. The van der Waals surface area contributed by atoms with Gasteiger partial charge in [0.05, 0.1) is 5.54 Å². The number of amides is 1. The quantitative estimate of drug-likeness (QED) is 0.664. The second kappa shape index (κ2) is 8.71. The number of carbonyl (C=O) groups is 1. The molecule has 1 atom stereocenters. The van der Waals surface area contributed by atoms with Crippen molar-refractivity contribution in [2.75, 3.05) is 46.8 Å². The van der Waals surface area contributed by atoms with Gasteiger partial charge in [-0.1, -0.05) is 6.92 Å². The van der Waals surface area contributed by atoms with Gasteiger partial charge in [0.2, 0.25) is 5.91 Å². The van der Waals surface area contributed by atoms with Crippen molar-refractivity contribution in [2.24, 2.45) is 11.7 Å². The van der Waals surface area contributed by atoms with E-state index < -0.39 is 5.54 Å². The van der Waals surface area contributed by atoms with Crippen LogP contribution in [-0.4, -0.2) is 68.1 Å². The molecule has 5 heteroatoms. The fraction of sp³-hybridized carbons (Fsp3) is 0.938. The van der Waals surface area contributed by atoms with E-state index in [4.69, 9.17) is 5.73 Å². The van der Waals surface area contributed by atoms with E-state index in [0.717, 1.165) is 38.4 Å². The summed E-state index contributed by atoms with van der Waals surface area (Å²) in [5, 5.41) is 3.30. The monoisotopic (exact) mass is 298 g/mol. The van der Waals surface area contributed by atoms with Crippen molar-refractivity contribution in [1.82, 2.24) is 15.1 Å². The van der Waals surface area contributed by atoms with Crippen molar-refractivity contribution in [2.45, 2.75) is 45.1 Å². The Kier molecular flexibility index (Phi) is 7.63. The zero-order chi connectivity index (χ0) is 15.9. The predicted octanol–water partition coefficient (Wildman–Crippen LogP) is 0.894. The molecular weight excluding hydrogens is 264 g/mol. The summed E-state index contributed by atoms with van der Waals surface area (Å²) < 4.78 is 0. The molecule has 1 unspecified atom stereocenters. The number of primary amides is 1. The molecule has 1 rings (SSSR count). The van der Waals surface area contributed by atoms with Crippen LogP contribution >= 0.6 is 0 Å². The third-order valence-corrected chi connectivity index (χ3v) is 4.71. The van der Waals surface area contributed by atoms with Crippen LogP contribution in [0.2, 0.25) is 0 Å². The maximum atomic E-state index is 11.7. The Morgan fingerprint density at radius 3 is 2.57 bits per heavy atom. The normalized spacial score (nSPS) is 20.6. The lowest BCUT2D eigenvalue weighted by Crippen LogP contribution is -2.54. The van der Waals surface area contributed by atoms with Crippen molar-refractivity contribution in [3.8, 4) is 0 Å². The van der Waals surface area contributed by atoms with Crippen LogP contribution in [0.5, 0.6) is 0 Å². The van der Waals surface area contributed by atoms with Crippen LogP contribution in [0.1, 0.15) is 39.5 Å². The molecule has 0 bridgehead atoms. The molecule has 0 radical (unpaired) electrons. The zero-order valence-corrected chi connectivity index (χ0v) is 14.3. The lowest BCUT2D eigenvalue weighted by Gasteiger charge is -2.33. The zero-order valence-electron chi connectivity index (χ0n) is 14.3. The van der Waals surface area contributed by atoms with Crippen LogP contribution in [0.3, 0.4) is 0 Å². The van der Waals surface area contributed by atoms with Crippen LogP contribution in [0, 0.1) is 5.92 Å². The average Bonchev–Trinajstić information content (AvgIpc) is 2.45. The number of rotatable bonds is 9. The number of nitrogens with zero attached hydrogens (tertiary/aromatic N) is 2. The van der Waals surface area contributed by atoms with Crippen LogP contribution < -0.4 is 11.1 Å². The van der Waals surface area contributed by atoms with Gasteiger partial charge < -0.3 is 20.9 Å². The molecule has 0 aromatic rings. The van der Waals surface area contributed by atoms with Crippen LogP contribution in [0.25, 0.3) is 0 Å². The molecule has 124 valence electrons. The van der Waals surface area contributed by atoms with E-state index in [1.807, 2.05) is 6.92 Å². The average molecular weight is 298 g/mol. The predicted molar refractivity (Wildman–Crippen MR) is 88.2 cm³/mol. The molecule has 21 heavy (non-hydrogen) atoms. The van der Waals surface area contributed by atoms with Gasteiger partial charge in [-0.05, 0) is 72.3 Å². The van der Waals surface area contributed by atoms with Crippen LogP contribution in [0.4, 0.5) is 0 Å². The molecule has 0 saturated carbocycles. The van der Waals surface area contributed by atoms with Crippen molar-refractivity contribution in [3.05, 3.63) is 0 Å². The van der Waals surface area contributed by atoms with Gasteiger partial charge in [-0.15, -0.1) is 0 Å². The first-order valence-electron chi connectivity index (χ1n) is 8.29. The molecular formula is C16H34N4O. The van der Waals surface area contributed by atoms with Gasteiger partial charge in [-0.3, -0.25) is 4.79 Å². The topological polar surface area (TPSA) is 61.6 Å². The molecule has 1 amide bonds. The SMILES string of the molecule is CCCNC(C)(CCN(C)CC1CCN(C)CC1)C(N)=O. The third kappa shape index (κ3) is 6.32. The number of hydrogen-bond donors (Lipinski definition) is 2. The fourth-order valence-electron chi connectivity index (χ4n) is 2.89. The van der Waals surface area contributed by atoms with Gasteiger partial charge in [0.25, 0.3) is 0 Å². The second-order valence-corrected chi connectivity index (χ2v) is 6.88. The van der Waals surface area contributed by atoms with Gasteiger partial charge in [0.15, 0.2) is 0 Å². The number of likely N-dealkylation sites (tertiary alicyclic amines) is 1. The Hall–Kier alpha value is -0.650. The summed E-state index contributed by atoms with van der Waals surface area (Å²) in [6.07, 6.45) is 4.34. The number of nitrogens with two attached hydrogens (primary N) is 1. The number of nitrogens with one attached hydrogen (secondary N) is 1. The van der Waals surface area contributed by atoms with E-state index in [2.05, 4.69) is 36.1 Å². The molecule has 1 saturated heterocycles. The largest absolute Gasteiger partial charge is 0.368 e. The minimum Gasteiger partial charge on any atom is -0.368 e. The minimum absolute atomic E-state index is 0.247. The van der Waals surface area contributed by atoms with E-state index in [9.17, 15) is 4.79 Å². The molecule has 0 spiro atoms. The van der Waals surface area contributed by atoms with Crippen molar-refractivity contribution in [1.29, 1.82) is 0 Å². The van der Waals surface area contributed by atoms with Crippen LogP contribution in [-0.2, 0) is 4.79 Å². The van der Waals surface area contributed by atoms with Gasteiger partial charge in [-0.2, -0.15) is 0 Å². The summed E-state index contributed by atoms with van der Waals surface area (Å²) in [5.74, 6) is 0.540. The molecule has 3 N–H and O–H groups in total. The summed E-state index contributed by atoms with van der Waals surface area (Å²) in [6.45, 7) is 9.29. The highest BCUT2D eigenvalue weighted by Crippen LogP contribution is 2.18. The van der Waals surface area contributed by atoms with Gasteiger partial charge >= 0.3 is 0 Å². The first-order valence-corrected chi connectivity index (χ1v) is 8.29. The first-order chi connectivity index (χ1) is 9.87. The van der Waals surface area contributed by atoms with Gasteiger partial charge in [0, 0.05) is 13.1 Å². The summed E-state index contributed by atoms with van der Waals surface area (Å²) in [4.78, 5) is 16.5. The molecule has 5 nitrogen and oxygen atoms in total. The first kappa shape index (κ1) is 18.4. The molecule has 0 aliphatic carbocycles. The molecule has 1 heterocycles. The second-order valence-electron chi connectivity index (χ2n) is 6.88.